The second kappa shape index (κ2) is 8.53. The van der Waals surface area contributed by atoms with Crippen LogP contribution in [-0.4, -0.2) is 28.6 Å². The van der Waals surface area contributed by atoms with Gasteiger partial charge in [-0.2, -0.15) is 0 Å². The Labute approximate surface area is 97.6 Å². The van der Waals surface area contributed by atoms with Crippen molar-refractivity contribution in [2.45, 2.75) is 65.3 Å². The summed E-state index contributed by atoms with van der Waals surface area (Å²) in [6.07, 6.45) is 3.01. The third kappa shape index (κ3) is 6.80. The fourth-order valence-electron chi connectivity index (χ4n) is 1.71. The molecule has 0 amide bonds. The van der Waals surface area contributed by atoms with E-state index in [0.717, 1.165) is 25.7 Å². The molecule has 0 radical (unpaired) electrons. The van der Waals surface area contributed by atoms with Gasteiger partial charge in [-0.3, -0.25) is 0 Å². The molecule has 0 saturated heterocycles. The van der Waals surface area contributed by atoms with Gasteiger partial charge >= 0.3 is 5.97 Å². The molecule has 4 heteroatoms. The molecule has 0 aromatic heterocycles. The van der Waals surface area contributed by atoms with Crippen molar-refractivity contribution in [2.24, 2.45) is 5.92 Å². The Kier molecular flexibility index (Phi) is 8.21. The van der Waals surface area contributed by atoms with E-state index in [1.165, 1.54) is 6.42 Å². The Morgan fingerprint density at radius 1 is 1.38 bits per heavy atom. The normalized spacial score (nSPS) is 24.6. The quantitative estimate of drug-likeness (QED) is 0.563. The lowest BCUT2D eigenvalue weighted by Gasteiger charge is -2.26. The lowest BCUT2D eigenvalue weighted by molar-refractivity contribution is -0.180. The minimum absolute atomic E-state index is 0.127. The van der Waals surface area contributed by atoms with Gasteiger partial charge in [-0.1, -0.05) is 33.6 Å². The average molecular weight is 232 g/mol. The topological polar surface area (TPSA) is 66.8 Å². The molecule has 1 aliphatic carbocycles. The molecule has 1 fully saturated rings. The van der Waals surface area contributed by atoms with Crippen molar-refractivity contribution in [2.75, 3.05) is 0 Å². The first-order chi connectivity index (χ1) is 7.51. The zero-order valence-electron chi connectivity index (χ0n) is 10.5. The molecule has 0 aromatic rings. The number of hydrogen-bond donors (Lipinski definition) is 2. The van der Waals surface area contributed by atoms with Gasteiger partial charge in [0, 0.05) is 0 Å². The smallest absolute Gasteiger partial charge is 0.363 e. The minimum atomic E-state index is -1.99. The maximum Gasteiger partial charge on any atom is 0.363 e. The third-order valence-corrected chi connectivity index (χ3v) is 2.38. The van der Waals surface area contributed by atoms with Crippen molar-refractivity contribution in [3.05, 3.63) is 0 Å². The van der Waals surface area contributed by atoms with Crippen LogP contribution in [0.1, 0.15) is 52.9 Å². The molecule has 2 atom stereocenters. The predicted octanol–water partition coefficient (Wildman–Crippen LogP) is 1.84. The van der Waals surface area contributed by atoms with E-state index in [1.807, 2.05) is 0 Å². The minimum Gasteiger partial charge on any atom is -0.459 e. The number of hydrogen-bond acceptors (Lipinski definition) is 4. The molecule has 1 aliphatic rings. The summed E-state index contributed by atoms with van der Waals surface area (Å²) in [4.78, 5) is 10.8. The van der Waals surface area contributed by atoms with E-state index in [2.05, 4.69) is 20.8 Å². The van der Waals surface area contributed by atoms with Crippen LogP contribution >= 0.6 is 0 Å². The Morgan fingerprint density at radius 2 is 1.94 bits per heavy atom. The van der Waals surface area contributed by atoms with Crippen molar-refractivity contribution in [3.63, 3.8) is 0 Å². The third-order valence-electron chi connectivity index (χ3n) is 2.38. The highest BCUT2D eigenvalue weighted by Gasteiger charge is 2.24. The molecule has 0 aromatic carbocycles. The van der Waals surface area contributed by atoms with Gasteiger partial charge in [-0.05, 0) is 25.2 Å². The van der Waals surface area contributed by atoms with E-state index in [1.54, 1.807) is 0 Å². The molecule has 2 N–H and O–H groups in total. The fourth-order valence-corrected chi connectivity index (χ4v) is 1.71. The van der Waals surface area contributed by atoms with Gasteiger partial charge in [-0.15, -0.1) is 0 Å². The standard InChI is InChI=1S/C9H16O4.C3H8/c1-6-3-2-4-7(5-6)13-9(12)8(10)11;1-3-2/h6-8,10-11H,2-5H2,1H3;3H2,1-2H3. The van der Waals surface area contributed by atoms with Crippen LogP contribution in [0, 0.1) is 5.92 Å². The molecule has 4 nitrogen and oxygen atoms in total. The summed E-state index contributed by atoms with van der Waals surface area (Å²) in [5.74, 6) is -0.374. The van der Waals surface area contributed by atoms with Crippen molar-refractivity contribution in [1.82, 2.24) is 0 Å². The summed E-state index contributed by atoms with van der Waals surface area (Å²) in [6.45, 7) is 6.36. The maximum atomic E-state index is 10.8. The second-order valence-electron chi connectivity index (χ2n) is 4.41. The van der Waals surface area contributed by atoms with Gasteiger partial charge in [0.15, 0.2) is 0 Å². The monoisotopic (exact) mass is 232 g/mol. The number of rotatable bonds is 2. The van der Waals surface area contributed by atoms with Crippen molar-refractivity contribution in [3.8, 4) is 0 Å². The number of aliphatic hydroxyl groups excluding tert-OH is 1. The molecule has 96 valence electrons. The zero-order valence-corrected chi connectivity index (χ0v) is 10.5. The lowest BCUT2D eigenvalue weighted by Crippen LogP contribution is -2.30. The van der Waals surface area contributed by atoms with E-state index in [-0.39, 0.29) is 6.10 Å². The van der Waals surface area contributed by atoms with Gasteiger partial charge in [-0.25, -0.2) is 4.79 Å². The number of aliphatic hydroxyl groups is 2. The zero-order chi connectivity index (χ0) is 12.6. The van der Waals surface area contributed by atoms with Crippen LogP contribution in [0.15, 0.2) is 0 Å². The number of carbonyl (C=O) groups is 1. The van der Waals surface area contributed by atoms with Crippen LogP contribution in [0.25, 0.3) is 0 Å². The summed E-state index contributed by atoms with van der Waals surface area (Å²) in [5.41, 5.74) is 0. The van der Waals surface area contributed by atoms with Gasteiger partial charge in [0.05, 0.1) is 0 Å². The molecule has 1 saturated carbocycles. The molecule has 0 spiro atoms. The molecule has 0 bridgehead atoms. The SMILES string of the molecule is CC1CCCC(OC(=O)C(O)O)C1.CCC. The highest BCUT2D eigenvalue weighted by molar-refractivity contribution is 5.72. The fraction of sp³-hybridized carbons (Fsp3) is 0.917. The predicted molar refractivity (Wildman–Crippen MR) is 61.7 cm³/mol. The van der Waals surface area contributed by atoms with Crippen molar-refractivity contribution >= 4 is 5.97 Å². The molecular formula is C12H24O4. The first kappa shape index (κ1) is 15.4. The largest absolute Gasteiger partial charge is 0.459 e. The van der Waals surface area contributed by atoms with Gasteiger partial charge in [0.25, 0.3) is 6.29 Å². The van der Waals surface area contributed by atoms with Gasteiger partial charge in [0.2, 0.25) is 0 Å². The molecular weight excluding hydrogens is 208 g/mol. The first-order valence-corrected chi connectivity index (χ1v) is 6.07. The van der Waals surface area contributed by atoms with Crippen LogP contribution in [0.5, 0.6) is 0 Å². The van der Waals surface area contributed by atoms with E-state index < -0.39 is 12.3 Å². The van der Waals surface area contributed by atoms with E-state index >= 15 is 0 Å². The highest BCUT2D eigenvalue weighted by atomic mass is 16.6. The highest BCUT2D eigenvalue weighted by Crippen LogP contribution is 2.25. The van der Waals surface area contributed by atoms with E-state index in [0.29, 0.717) is 5.92 Å². The van der Waals surface area contributed by atoms with Crippen LogP contribution < -0.4 is 0 Å². The molecule has 1 rings (SSSR count). The Hall–Kier alpha value is -0.610. The van der Waals surface area contributed by atoms with Crippen LogP contribution in [-0.2, 0) is 9.53 Å². The summed E-state index contributed by atoms with van der Waals surface area (Å²) < 4.78 is 4.88. The molecule has 2 unspecified atom stereocenters. The number of ether oxygens (including phenoxy) is 1. The van der Waals surface area contributed by atoms with Crippen LogP contribution in [0.4, 0.5) is 0 Å². The molecule has 0 aliphatic heterocycles. The first-order valence-electron chi connectivity index (χ1n) is 6.07. The average Bonchev–Trinajstić information content (AvgIpc) is 2.18. The Morgan fingerprint density at radius 3 is 2.38 bits per heavy atom. The second-order valence-corrected chi connectivity index (χ2v) is 4.41. The Balaban J connectivity index is 0.000000673. The number of carbonyl (C=O) groups excluding carboxylic acids is 1. The van der Waals surface area contributed by atoms with Crippen LogP contribution in [0.2, 0.25) is 0 Å². The molecule has 0 heterocycles. The van der Waals surface area contributed by atoms with Crippen molar-refractivity contribution < 1.29 is 19.7 Å². The number of esters is 1. The van der Waals surface area contributed by atoms with Crippen LogP contribution in [0.3, 0.4) is 0 Å². The lowest BCUT2D eigenvalue weighted by atomic mass is 9.89. The molecule has 16 heavy (non-hydrogen) atoms. The summed E-state index contributed by atoms with van der Waals surface area (Å²) in [6, 6.07) is 0. The summed E-state index contributed by atoms with van der Waals surface area (Å²) in [7, 11) is 0. The van der Waals surface area contributed by atoms with Gasteiger partial charge in [0.1, 0.15) is 6.10 Å². The summed E-state index contributed by atoms with van der Waals surface area (Å²) >= 11 is 0. The van der Waals surface area contributed by atoms with Gasteiger partial charge < -0.3 is 14.9 Å². The Bertz CT molecular complexity index is 191. The van der Waals surface area contributed by atoms with Crippen molar-refractivity contribution in [1.29, 1.82) is 0 Å². The summed E-state index contributed by atoms with van der Waals surface area (Å²) in [5, 5.41) is 17.0. The van der Waals surface area contributed by atoms with E-state index in [9.17, 15) is 4.79 Å². The maximum absolute atomic E-state index is 10.8. The van der Waals surface area contributed by atoms with E-state index in [4.69, 9.17) is 14.9 Å².